The van der Waals surface area contributed by atoms with Crippen LogP contribution in [0.4, 0.5) is 0 Å². The lowest BCUT2D eigenvalue weighted by molar-refractivity contribution is 0.0600. The largest absolute Gasteiger partial charge is 0.465 e. The molecule has 0 aliphatic carbocycles. The van der Waals surface area contributed by atoms with Gasteiger partial charge in [0.05, 0.1) is 24.4 Å². The minimum Gasteiger partial charge on any atom is -0.465 e. The van der Waals surface area contributed by atoms with Crippen LogP contribution in [0.3, 0.4) is 0 Å². The lowest BCUT2D eigenvalue weighted by atomic mass is 10.0. The zero-order valence-corrected chi connectivity index (χ0v) is 7.99. The first kappa shape index (κ1) is 9.15. The molecule has 0 spiro atoms. The van der Waals surface area contributed by atoms with Crippen molar-refractivity contribution >= 4 is 5.97 Å². The maximum absolute atomic E-state index is 11.1. The van der Waals surface area contributed by atoms with Crippen LogP contribution in [0.25, 0.3) is 0 Å². The number of hydrogen-bond acceptors (Lipinski definition) is 4. The third-order valence-corrected chi connectivity index (χ3v) is 2.39. The van der Waals surface area contributed by atoms with Gasteiger partial charge in [-0.1, -0.05) is 0 Å². The molecule has 1 aliphatic rings. The van der Waals surface area contributed by atoms with Crippen LogP contribution in [-0.2, 0) is 4.74 Å². The van der Waals surface area contributed by atoms with Gasteiger partial charge in [0.2, 0.25) is 0 Å². The van der Waals surface area contributed by atoms with Gasteiger partial charge in [-0.3, -0.25) is 4.98 Å². The Morgan fingerprint density at radius 3 is 2.86 bits per heavy atom. The smallest absolute Gasteiger partial charge is 0.339 e. The highest BCUT2D eigenvalue weighted by Crippen LogP contribution is 2.20. The Balaban J connectivity index is 2.13. The molecule has 4 nitrogen and oxygen atoms in total. The van der Waals surface area contributed by atoms with E-state index in [2.05, 4.69) is 15.0 Å². The van der Waals surface area contributed by atoms with E-state index in [0.717, 1.165) is 18.7 Å². The van der Waals surface area contributed by atoms with Gasteiger partial charge in [-0.25, -0.2) is 4.79 Å². The summed E-state index contributed by atoms with van der Waals surface area (Å²) >= 11 is 0. The quantitative estimate of drug-likeness (QED) is 0.707. The van der Waals surface area contributed by atoms with Crippen LogP contribution in [0.5, 0.6) is 0 Å². The van der Waals surface area contributed by atoms with Crippen LogP contribution in [0.2, 0.25) is 0 Å². The standard InChI is InChI=1S/C10H12N2O2/c1-14-10(13)7-2-3-8(12-6-7)9-4-5-11-9/h2-3,6,9,11H,4-5H2,1H3. The highest BCUT2D eigenvalue weighted by atomic mass is 16.5. The van der Waals surface area contributed by atoms with E-state index in [1.807, 2.05) is 6.07 Å². The second-order valence-electron chi connectivity index (χ2n) is 3.26. The number of methoxy groups -OCH3 is 1. The number of esters is 1. The van der Waals surface area contributed by atoms with Crippen LogP contribution in [0.15, 0.2) is 18.3 Å². The van der Waals surface area contributed by atoms with Crippen LogP contribution in [0, 0.1) is 0 Å². The number of rotatable bonds is 2. The molecule has 1 unspecified atom stereocenters. The number of ether oxygens (including phenoxy) is 1. The van der Waals surface area contributed by atoms with Gasteiger partial charge in [0, 0.05) is 6.20 Å². The SMILES string of the molecule is COC(=O)c1ccc(C2CCN2)nc1. The molecule has 1 atom stereocenters. The lowest BCUT2D eigenvalue weighted by Crippen LogP contribution is -2.35. The molecular weight excluding hydrogens is 180 g/mol. The molecule has 14 heavy (non-hydrogen) atoms. The Bertz CT molecular complexity index is 330. The third-order valence-electron chi connectivity index (χ3n) is 2.39. The molecule has 4 heteroatoms. The van der Waals surface area contributed by atoms with E-state index >= 15 is 0 Å². The molecule has 0 amide bonds. The minimum absolute atomic E-state index is 0.342. The van der Waals surface area contributed by atoms with Crippen molar-refractivity contribution in [3.8, 4) is 0 Å². The summed E-state index contributed by atoms with van der Waals surface area (Å²) in [5.74, 6) is -0.342. The van der Waals surface area contributed by atoms with Gasteiger partial charge < -0.3 is 10.1 Å². The summed E-state index contributed by atoms with van der Waals surface area (Å²) in [7, 11) is 1.36. The number of pyridine rings is 1. The van der Waals surface area contributed by atoms with Crippen molar-refractivity contribution in [2.75, 3.05) is 13.7 Å². The van der Waals surface area contributed by atoms with E-state index in [0.29, 0.717) is 11.6 Å². The Labute approximate surface area is 82.3 Å². The first-order valence-electron chi connectivity index (χ1n) is 4.59. The second kappa shape index (κ2) is 3.75. The Morgan fingerprint density at radius 2 is 2.43 bits per heavy atom. The summed E-state index contributed by atoms with van der Waals surface area (Å²) < 4.78 is 4.58. The van der Waals surface area contributed by atoms with Crippen molar-refractivity contribution in [3.05, 3.63) is 29.6 Å². The van der Waals surface area contributed by atoms with Crippen LogP contribution in [0.1, 0.15) is 28.5 Å². The van der Waals surface area contributed by atoms with Gasteiger partial charge in [-0.15, -0.1) is 0 Å². The number of nitrogens with zero attached hydrogens (tertiary/aromatic N) is 1. The van der Waals surface area contributed by atoms with Gasteiger partial charge in [0.1, 0.15) is 0 Å². The molecule has 0 saturated carbocycles. The molecule has 0 radical (unpaired) electrons. The van der Waals surface area contributed by atoms with Crippen molar-refractivity contribution in [2.24, 2.45) is 0 Å². The van der Waals surface area contributed by atoms with Gasteiger partial charge in [-0.05, 0) is 25.1 Å². The molecule has 1 aromatic rings. The van der Waals surface area contributed by atoms with Gasteiger partial charge in [0.25, 0.3) is 0 Å². The Hall–Kier alpha value is -1.42. The fraction of sp³-hybridized carbons (Fsp3) is 0.400. The van der Waals surface area contributed by atoms with E-state index in [9.17, 15) is 4.79 Å². The Kier molecular flexibility index (Phi) is 2.45. The van der Waals surface area contributed by atoms with Crippen molar-refractivity contribution in [1.29, 1.82) is 0 Å². The van der Waals surface area contributed by atoms with Gasteiger partial charge in [-0.2, -0.15) is 0 Å². The van der Waals surface area contributed by atoms with Crippen molar-refractivity contribution < 1.29 is 9.53 Å². The average molecular weight is 192 g/mol. The van der Waals surface area contributed by atoms with E-state index in [4.69, 9.17) is 0 Å². The van der Waals surface area contributed by atoms with Crippen molar-refractivity contribution in [3.63, 3.8) is 0 Å². The molecular formula is C10H12N2O2. The number of aromatic nitrogens is 1. The number of carbonyl (C=O) groups is 1. The van der Waals surface area contributed by atoms with Gasteiger partial charge >= 0.3 is 5.97 Å². The third kappa shape index (κ3) is 1.61. The number of nitrogens with one attached hydrogen (secondary N) is 1. The van der Waals surface area contributed by atoms with Crippen molar-refractivity contribution in [2.45, 2.75) is 12.5 Å². The fourth-order valence-electron chi connectivity index (χ4n) is 1.39. The van der Waals surface area contributed by atoms with E-state index < -0.39 is 0 Å². The zero-order valence-electron chi connectivity index (χ0n) is 7.99. The molecule has 1 saturated heterocycles. The molecule has 0 bridgehead atoms. The molecule has 1 aromatic heterocycles. The summed E-state index contributed by atoms with van der Waals surface area (Å²) in [6.07, 6.45) is 2.67. The first-order valence-corrected chi connectivity index (χ1v) is 4.59. The second-order valence-corrected chi connectivity index (χ2v) is 3.26. The van der Waals surface area contributed by atoms with E-state index in [1.54, 1.807) is 12.3 Å². The molecule has 1 aliphatic heterocycles. The molecule has 0 aromatic carbocycles. The topological polar surface area (TPSA) is 51.2 Å². The highest BCUT2D eigenvalue weighted by molar-refractivity contribution is 5.88. The van der Waals surface area contributed by atoms with Crippen LogP contribution < -0.4 is 5.32 Å². The van der Waals surface area contributed by atoms with Crippen molar-refractivity contribution in [1.82, 2.24) is 10.3 Å². The van der Waals surface area contributed by atoms with Gasteiger partial charge in [0.15, 0.2) is 0 Å². The molecule has 1 fully saturated rings. The predicted molar refractivity (Wildman–Crippen MR) is 50.9 cm³/mol. The lowest BCUT2D eigenvalue weighted by Gasteiger charge is -2.26. The summed E-state index contributed by atoms with van der Waals surface area (Å²) in [5.41, 5.74) is 1.49. The van der Waals surface area contributed by atoms with Crippen LogP contribution in [-0.4, -0.2) is 24.6 Å². The maximum Gasteiger partial charge on any atom is 0.339 e. The minimum atomic E-state index is -0.342. The number of hydrogen-bond donors (Lipinski definition) is 1. The number of carbonyl (C=O) groups excluding carboxylic acids is 1. The zero-order chi connectivity index (χ0) is 9.97. The first-order chi connectivity index (χ1) is 6.81. The summed E-state index contributed by atoms with van der Waals surface area (Å²) in [6, 6.07) is 3.97. The highest BCUT2D eigenvalue weighted by Gasteiger charge is 2.19. The molecule has 2 heterocycles. The fourth-order valence-corrected chi connectivity index (χ4v) is 1.39. The molecule has 2 rings (SSSR count). The normalized spacial score (nSPS) is 19.9. The van der Waals surface area contributed by atoms with E-state index in [-0.39, 0.29) is 5.97 Å². The summed E-state index contributed by atoms with van der Waals surface area (Å²) in [6.45, 7) is 1.05. The van der Waals surface area contributed by atoms with Crippen LogP contribution >= 0.6 is 0 Å². The summed E-state index contributed by atoms with van der Waals surface area (Å²) in [4.78, 5) is 15.3. The maximum atomic E-state index is 11.1. The average Bonchev–Trinajstić information content (AvgIpc) is 2.15. The molecule has 1 N–H and O–H groups in total. The monoisotopic (exact) mass is 192 g/mol. The summed E-state index contributed by atoms with van der Waals surface area (Å²) in [5, 5.41) is 3.25. The predicted octanol–water partition coefficient (Wildman–Crippen LogP) is 0.903. The molecule has 74 valence electrons. The van der Waals surface area contributed by atoms with E-state index in [1.165, 1.54) is 7.11 Å². The Morgan fingerprint density at radius 1 is 1.64 bits per heavy atom.